The lowest BCUT2D eigenvalue weighted by atomic mass is 10.3. The minimum atomic E-state index is -0.801. The highest BCUT2D eigenvalue weighted by atomic mass is 16.7. The summed E-state index contributed by atoms with van der Waals surface area (Å²) in [5.41, 5.74) is 0. The molecule has 3 N–H and O–H groups in total. The molecule has 42 valence electrons. The summed E-state index contributed by atoms with van der Waals surface area (Å²) in [6.45, 7) is 0.400. The van der Waals surface area contributed by atoms with Gasteiger partial charge in [0.05, 0.1) is 6.61 Å². The van der Waals surface area contributed by atoms with E-state index in [9.17, 15) is 0 Å². The number of rotatable bonds is 1. The highest BCUT2D eigenvalue weighted by molar-refractivity contribution is 4.67. The molecule has 7 heavy (non-hydrogen) atoms. The summed E-state index contributed by atoms with van der Waals surface area (Å²) < 4.78 is 4.48. The number of hydrogen-bond donors (Lipinski definition) is 2. The summed E-state index contributed by atoms with van der Waals surface area (Å²) in [6.07, 6.45) is -1.11. The minimum Gasteiger partial charge on any atom is -0.366 e. The molecule has 1 fully saturated rings. The number of aliphatic hydroxyl groups excluding tert-OH is 1. The molecule has 0 radical (unpaired) electrons. The van der Waals surface area contributed by atoms with E-state index in [0.29, 0.717) is 6.61 Å². The first kappa shape index (κ1) is 4.99. The second-order valence-corrected chi connectivity index (χ2v) is 1.40. The Kier molecular flexibility index (Phi) is 1.25. The standard InChI is InChI=1S/C3H7NO3/c4-7-2-1-6-3(2)5/h2-3,5H,1,4H2. The topological polar surface area (TPSA) is 64.7 Å². The summed E-state index contributed by atoms with van der Waals surface area (Å²) in [6, 6.07) is 0. The zero-order chi connectivity index (χ0) is 5.28. The van der Waals surface area contributed by atoms with Crippen molar-refractivity contribution in [1.82, 2.24) is 0 Å². The third kappa shape index (κ3) is 0.733. The van der Waals surface area contributed by atoms with Gasteiger partial charge in [-0.3, -0.25) is 4.84 Å². The summed E-state index contributed by atoms with van der Waals surface area (Å²) in [5, 5.41) is 8.48. The van der Waals surface area contributed by atoms with Crippen molar-refractivity contribution < 1.29 is 14.7 Å². The van der Waals surface area contributed by atoms with Crippen LogP contribution in [0.25, 0.3) is 0 Å². The zero-order valence-electron chi connectivity index (χ0n) is 3.70. The maximum absolute atomic E-state index is 8.48. The van der Waals surface area contributed by atoms with Gasteiger partial charge in [0, 0.05) is 0 Å². The molecule has 0 amide bonds. The van der Waals surface area contributed by atoms with E-state index >= 15 is 0 Å². The van der Waals surface area contributed by atoms with Gasteiger partial charge in [0.15, 0.2) is 12.4 Å². The van der Waals surface area contributed by atoms with Crippen LogP contribution in [-0.4, -0.2) is 24.1 Å². The van der Waals surface area contributed by atoms with Crippen LogP contribution < -0.4 is 5.90 Å². The van der Waals surface area contributed by atoms with Gasteiger partial charge in [0.2, 0.25) is 0 Å². The largest absolute Gasteiger partial charge is 0.366 e. The molecule has 1 aliphatic heterocycles. The van der Waals surface area contributed by atoms with Gasteiger partial charge in [-0.15, -0.1) is 0 Å². The van der Waals surface area contributed by atoms with Crippen LogP contribution >= 0.6 is 0 Å². The minimum absolute atomic E-state index is 0.306. The molecule has 1 saturated heterocycles. The molecule has 1 aliphatic rings. The molecule has 2 unspecified atom stereocenters. The Morgan fingerprint density at radius 1 is 1.86 bits per heavy atom. The lowest BCUT2D eigenvalue weighted by Gasteiger charge is -2.29. The second kappa shape index (κ2) is 1.75. The van der Waals surface area contributed by atoms with Crippen molar-refractivity contribution in [2.45, 2.75) is 12.4 Å². The SMILES string of the molecule is NOC1COC1O. The third-order valence-corrected chi connectivity index (χ3v) is 0.924. The predicted octanol–water partition coefficient (Wildman–Crippen LogP) is -1.41. The van der Waals surface area contributed by atoms with Crippen LogP contribution in [0, 0.1) is 0 Å². The Morgan fingerprint density at radius 2 is 2.57 bits per heavy atom. The quantitative estimate of drug-likeness (QED) is 0.402. The van der Waals surface area contributed by atoms with Gasteiger partial charge in [-0.1, -0.05) is 0 Å². The molecular weight excluding hydrogens is 98.0 g/mol. The van der Waals surface area contributed by atoms with Crippen LogP contribution in [0.5, 0.6) is 0 Å². The summed E-state index contributed by atoms with van der Waals surface area (Å²) in [5.74, 6) is 4.68. The van der Waals surface area contributed by atoms with Gasteiger partial charge in [-0.2, -0.15) is 0 Å². The molecule has 0 spiro atoms. The third-order valence-electron chi connectivity index (χ3n) is 0.924. The molecule has 0 saturated carbocycles. The predicted molar refractivity (Wildman–Crippen MR) is 21.0 cm³/mol. The molecule has 0 aromatic rings. The molecular formula is C3H7NO3. The highest BCUT2D eigenvalue weighted by Gasteiger charge is 2.30. The van der Waals surface area contributed by atoms with Crippen LogP contribution in [0.3, 0.4) is 0 Å². The average Bonchev–Trinajstić information content (AvgIpc) is 1.65. The van der Waals surface area contributed by atoms with Crippen molar-refractivity contribution in [3.8, 4) is 0 Å². The fourth-order valence-corrected chi connectivity index (χ4v) is 0.367. The number of aliphatic hydroxyl groups is 1. The van der Waals surface area contributed by atoms with E-state index in [1.54, 1.807) is 0 Å². The first-order valence-electron chi connectivity index (χ1n) is 2.00. The Morgan fingerprint density at radius 3 is 2.57 bits per heavy atom. The Bertz CT molecular complexity index is 65.2. The molecule has 0 aliphatic carbocycles. The fourth-order valence-electron chi connectivity index (χ4n) is 0.367. The maximum Gasteiger partial charge on any atom is 0.185 e. The van der Waals surface area contributed by atoms with Gasteiger partial charge in [-0.05, 0) is 0 Å². The maximum atomic E-state index is 8.48. The molecule has 2 atom stereocenters. The molecule has 0 aromatic heterocycles. The van der Waals surface area contributed by atoms with E-state index in [4.69, 9.17) is 5.11 Å². The number of hydrogen-bond acceptors (Lipinski definition) is 4. The smallest absolute Gasteiger partial charge is 0.185 e. The molecule has 4 nitrogen and oxygen atoms in total. The molecule has 4 heteroatoms. The van der Waals surface area contributed by atoms with Crippen molar-refractivity contribution >= 4 is 0 Å². The monoisotopic (exact) mass is 105 g/mol. The van der Waals surface area contributed by atoms with Gasteiger partial charge >= 0.3 is 0 Å². The molecule has 1 heterocycles. The Balaban J connectivity index is 2.16. The average molecular weight is 105 g/mol. The van der Waals surface area contributed by atoms with E-state index in [0.717, 1.165) is 0 Å². The molecule has 0 aromatic carbocycles. The van der Waals surface area contributed by atoms with Crippen molar-refractivity contribution in [2.75, 3.05) is 6.61 Å². The molecule has 0 bridgehead atoms. The van der Waals surface area contributed by atoms with E-state index in [2.05, 4.69) is 15.5 Å². The van der Waals surface area contributed by atoms with Gasteiger partial charge in [0.25, 0.3) is 0 Å². The zero-order valence-corrected chi connectivity index (χ0v) is 3.70. The van der Waals surface area contributed by atoms with Crippen molar-refractivity contribution in [1.29, 1.82) is 0 Å². The van der Waals surface area contributed by atoms with Crippen LogP contribution in [0.4, 0.5) is 0 Å². The van der Waals surface area contributed by atoms with E-state index < -0.39 is 6.29 Å². The van der Waals surface area contributed by atoms with Crippen molar-refractivity contribution in [2.24, 2.45) is 5.90 Å². The second-order valence-electron chi connectivity index (χ2n) is 1.40. The summed E-state index contributed by atoms with van der Waals surface area (Å²) >= 11 is 0. The Hall–Kier alpha value is -0.160. The van der Waals surface area contributed by atoms with Gasteiger partial charge in [0.1, 0.15) is 0 Å². The number of nitrogens with two attached hydrogens (primary N) is 1. The normalized spacial score (nSPS) is 40.3. The van der Waals surface area contributed by atoms with Crippen LogP contribution in [-0.2, 0) is 9.57 Å². The Labute approximate surface area is 40.8 Å². The number of ether oxygens (including phenoxy) is 1. The first-order chi connectivity index (χ1) is 3.34. The highest BCUT2D eigenvalue weighted by Crippen LogP contribution is 2.10. The fraction of sp³-hybridized carbons (Fsp3) is 1.00. The summed E-state index contributed by atoms with van der Waals surface area (Å²) in [4.78, 5) is 4.22. The summed E-state index contributed by atoms with van der Waals surface area (Å²) in [7, 11) is 0. The van der Waals surface area contributed by atoms with Gasteiger partial charge in [-0.25, -0.2) is 5.90 Å². The van der Waals surface area contributed by atoms with E-state index in [-0.39, 0.29) is 6.10 Å². The van der Waals surface area contributed by atoms with Crippen LogP contribution in [0.2, 0.25) is 0 Å². The lowest BCUT2D eigenvalue weighted by molar-refractivity contribution is -0.276. The van der Waals surface area contributed by atoms with Crippen molar-refractivity contribution in [3.05, 3.63) is 0 Å². The molecule has 1 rings (SSSR count). The van der Waals surface area contributed by atoms with Crippen LogP contribution in [0.15, 0.2) is 0 Å². The first-order valence-corrected chi connectivity index (χ1v) is 2.00. The van der Waals surface area contributed by atoms with Crippen molar-refractivity contribution in [3.63, 3.8) is 0 Å². The van der Waals surface area contributed by atoms with Crippen LogP contribution in [0.1, 0.15) is 0 Å². The lowest BCUT2D eigenvalue weighted by Crippen LogP contribution is -2.47. The van der Waals surface area contributed by atoms with Gasteiger partial charge < -0.3 is 9.84 Å². The van der Waals surface area contributed by atoms with E-state index in [1.807, 2.05) is 0 Å². The van der Waals surface area contributed by atoms with E-state index in [1.165, 1.54) is 0 Å².